The van der Waals surface area contributed by atoms with Crippen LogP contribution in [0.1, 0.15) is 29.3 Å². The number of benzene rings is 2. The lowest BCUT2D eigenvalue weighted by molar-refractivity contribution is -0.123. The molecule has 1 aliphatic heterocycles. The molecular weight excluding hydrogens is 456 g/mol. The molecule has 1 heterocycles. The Hall–Kier alpha value is -3.45. The van der Waals surface area contributed by atoms with Gasteiger partial charge >= 0.3 is 5.97 Å². The third kappa shape index (κ3) is 3.60. The third-order valence-corrected chi connectivity index (χ3v) is 7.51. The lowest BCUT2D eigenvalue weighted by Crippen LogP contribution is -2.33. The molecular formula is C26H23ClN2O5. The molecule has 4 atom stereocenters. The summed E-state index contributed by atoms with van der Waals surface area (Å²) in [5.41, 5.74) is 2.91. The zero-order chi connectivity index (χ0) is 24.1. The molecule has 1 saturated carbocycles. The largest absolute Gasteiger partial charge is 0.452 e. The second-order valence-electron chi connectivity index (χ2n) is 9.07. The molecule has 174 valence electrons. The summed E-state index contributed by atoms with van der Waals surface area (Å²) in [6.45, 7) is 3.30. The average molecular weight is 479 g/mol. The van der Waals surface area contributed by atoms with Crippen LogP contribution in [0.5, 0.6) is 0 Å². The van der Waals surface area contributed by atoms with E-state index >= 15 is 0 Å². The molecule has 2 aromatic rings. The van der Waals surface area contributed by atoms with E-state index in [4.69, 9.17) is 16.3 Å². The average Bonchev–Trinajstić information content (AvgIpc) is 3.45. The van der Waals surface area contributed by atoms with Crippen LogP contribution in [-0.4, -0.2) is 30.3 Å². The highest BCUT2D eigenvalue weighted by Crippen LogP contribution is 2.55. The van der Waals surface area contributed by atoms with Gasteiger partial charge in [-0.15, -0.1) is 0 Å². The fourth-order valence-corrected chi connectivity index (χ4v) is 5.62. The van der Waals surface area contributed by atoms with Crippen LogP contribution in [0.4, 0.5) is 11.4 Å². The third-order valence-electron chi connectivity index (χ3n) is 7.10. The van der Waals surface area contributed by atoms with E-state index in [2.05, 4.69) is 11.4 Å². The van der Waals surface area contributed by atoms with Gasteiger partial charge in [-0.25, -0.2) is 9.69 Å². The summed E-state index contributed by atoms with van der Waals surface area (Å²) in [5.74, 6) is -2.09. The molecule has 0 unspecified atom stereocenters. The van der Waals surface area contributed by atoms with Crippen LogP contribution in [0.2, 0.25) is 5.02 Å². The maximum absolute atomic E-state index is 13.2. The molecule has 5 rings (SSSR count). The number of rotatable bonds is 5. The molecule has 1 N–H and O–H groups in total. The summed E-state index contributed by atoms with van der Waals surface area (Å²) >= 11 is 6.06. The van der Waals surface area contributed by atoms with E-state index in [1.807, 2.05) is 6.92 Å². The van der Waals surface area contributed by atoms with Crippen LogP contribution >= 0.6 is 11.6 Å². The van der Waals surface area contributed by atoms with Gasteiger partial charge in [0.2, 0.25) is 11.8 Å². The highest BCUT2D eigenvalue weighted by molar-refractivity contribution is 6.31. The van der Waals surface area contributed by atoms with Gasteiger partial charge in [0.1, 0.15) is 0 Å². The number of anilines is 2. The lowest BCUT2D eigenvalue weighted by Gasteiger charge is -2.19. The number of hydrogen-bond donors (Lipinski definition) is 1. The molecule has 2 fully saturated rings. The molecule has 0 aromatic heterocycles. The topological polar surface area (TPSA) is 92.8 Å². The molecule has 0 radical (unpaired) electrons. The number of carbonyl (C=O) groups is 4. The Bertz CT molecular complexity index is 1270. The standard InChI is InChI=1S/C26H23ClN2O5/c1-13-9-16-11-18(13)23-22(16)24(31)29(25(23)32)17-6-3-5-15(10-17)26(33)34-12-21(30)28-20-8-4-7-19(27)14(20)2/h3-10,16,18,22-23H,11-12H2,1-2H3,(H,28,30)/t16-,18+,22+,23+/m0/s1. The molecule has 7 nitrogen and oxygen atoms in total. The monoisotopic (exact) mass is 478 g/mol. The smallest absolute Gasteiger partial charge is 0.338 e. The predicted octanol–water partition coefficient (Wildman–Crippen LogP) is 4.15. The number of esters is 1. The van der Waals surface area contributed by atoms with Crippen molar-refractivity contribution in [3.8, 4) is 0 Å². The van der Waals surface area contributed by atoms with Crippen molar-refractivity contribution in [2.75, 3.05) is 16.8 Å². The van der Waals surface area contributed by atoms with Crippen molar-refractivity contribution >= 4 is 46.7 Å². The van der Waals surface area contributed by atoms with Crippen molar-refractivity contribution in [1.29, 1.82) is 0 Å². The number of nitrogens with zero attached hydrogens (tertiary/aromatic N) is 1. The second-order valence-corrected chi connectivity index (χ2v) is 9.47. The van der Waals surface area contributed by atoms with E-state index in [1.165, 1.54) is 22.6 Å². The summed E-state index contributed by atoms with van der Waals surface area (Å²) in [6.07, 6.45) is 2.97. The van der Waals surface area contributed by atoms with Gasteiger partial charge in [0.15, 0.2) is 6.61 Å². The summed E-state index contributed by atoms with van der Waals surface area (Å²) in [4.78, 5) is 52.3. The Morgan fingerprint density at radius 2 is 1.82 bits per heavy atom. The van der Waals surface area contributed by atoms with Crippen LogP contribution in [0, 0.1) is 30.6 Å². The molecule has 8 heteroatoms. The van der Waals surface area contributed by atoms with E-state index in [0.29, 0.717) is 22.0 Å². The Kier molecular flexibility index (Phi) is 5.52. The van der Waals surface area contributed by atoms with Gasteiger partial charge in [0.05, 0.1) is 23.1 Å². The van der Waals surface area contributed by atoms with E-state index in [0.717, 1.165) is 6.42 Å². The fourth-order valence-electron chi connectivity index (χ4n) is 5.44. The van der Waals surface area contributed by atoms with Crippen LogP contribution in [0.15, 0.2) is 54.1 Å². The number of halogens is 1. The summed E-state index contributed by atoms with van der Waals surface area (Å²) in [7, 11) is 0. The predicted molar refractivity (Wildman–Crippen MR) is 126 cm³/mol. The van der Waals surface area contributed by atoms with Crippen LogP contribution in [0.3, 0.4) is 0 Å². The zero-order valence-electron chi connectivity index (χ0n) is 18.7. The SMILES string of the molecule is CC1=C[C@H]2C[C@H]1[C@H]1C(=O)N(c3cccc(C(=O)OCC(=O)Nc4cccc(Cl)c4C)c3)C(=O)[C@@H]12. The van der Waals surface area contributed by atoms with Gasteiger partial charge in [-0.1, -0.05) is 35.4 Å². The molecule has 0 spiro atoms. The molecule has 3 amide bonds. The number of carbonyl (C=O) groups excluding carboxylic acids is 4. The van der Waals surface area contributed by atoms with E-state index in [1.54, 1.807) is 37.3 Å². The second kappa shape index (κ2) is 8.40. The van der Waals surface area contributed by atoms with E-state index in [-0.39, 0.29) is 41.0 Å². The quantitative estimate of drug-likeness (QED) is 0.396. The van der Waals surface area contributed by atoms with Crippen molar-refractivity contribution in [2.45, 2.75) is 20.3 Å². The van der Waals surface area contributed by atoms with Crippen molar-refractivity contribution in [1.82, 2.24) is 0 Å². The number of fused-ring (bicyclic) bond motifs is 5. The number of ether oxygens (including phenoxy) is 1. The number of imide groups is 1. The minimum atomic E-state index is -0.725. The van der Waals surface area contributed by atoms with E-state index < -0.39 is 18.5 Å². The number of nitrogens with one attached hydrogen (secondary N) is 1. The molecule has 3 aliphatic rings. The van der Waals surface area contributed by atoms with Gasteiger partial charge < -0.3 is 10.1 Å². The van der Waals surface area contributed by atoms with Gasteiger partial charge in [-0.05, 0) is 68.0 Å². The number of hydrogen-bond acceptors (Lipinski definition) is 5. The van der Waals surface area contributed by atoms with Crippen molar-refractivity contribution < 1.29 is 23.9 Å². The molecule has 34 heavy (non-hydrogen) atoms. The first-order chi connectivity index (χ1) is 16.3. The first kappa shape index (κ1) is 22.3. The molecule has 2 aromatic carbocycles. The van der Waals surface area contributed by atoms with Crippen molar-refractivity contribution in [2.24, 2.45) is 23.7 Å². The Balaban J connectivity index is 1.26. The highest BCUT2D eigenvalue weighted by Gasteiger charge is 2.60. The lowest BCUT2D eigenvalue weighted by atomic mass is 9.82. The number of amides is 3. The maximum Gasteiger partial charge on any atom is 0.338 e. The first-order valence-electron chi connectivity index (χ1n) is 11.1. The summed E-state index contributed by atoms with van der Waals surface area (Å²) in [6, 6.07) is 11.3. The zero-order valence-corrected chi connectivity index (χ0v) is 19.5. The molecule has 2 bridgehead atoms. The Morgan fingerprint density at radius 3 is 2.62 bits per heavy atom. The minimum Gasteiger partial charge on any atom is -0.452 e. The maximum atomic E-state index is 13.2. The molecule has 1 saturated heterocycles. The Labute approximate surface area is 201 Å². The van der Waals surface area contributed by atoms with Crippen LogP contribution in [-0.2, 0) is 19.1 Å². The van der Waals surface area contributed by atoms with Gasteiger partial charge in [-0.3, -0.25) is 14.4 Å². The van der Waals surface area contributed by atoms with E-state index in [9.17, 15) is 19.2 Å². The highest BCUT2D eigenvalue weighted by atomic mass is 35.5. The minimum absolute atomic E-state index is 0.103. The Morgan fingerprint density at radius 1 is 1.09 bits per heavy atom. The van der Waals surface area contributed by atoms with Gasteiger partial charge in [-0.2, -0.15) is 0 Å². The van der Waals surface area contributed by atoms with Crippen LogP contribution < -0.4 is 10.2 Å². The summed E-state index contributed by atoms with van der Waals surface area (Å²) < 4.78 is 5.16. The van der Waals surface area contributed by atoms with Crippen molar-refractivity contribution in [3.05, 3.63) is 70.3 Å². The number of allylic oxidation sites excluding steroid dienone is 2. The normalized spacial score (nSPS) is 24.8. The van der Waals surface area contributed by atoms with Crippen LogP contribution in [0.25, 0.3) is 0 Å². The van der Waals surface area contributed by atoms with Gasteiger partial charge in [0, 0.05) is 10.7 Å². The van der Waals surface area contributed by atoms with Gasteiger partial charge in [0.25, 0.3) is 5.91 Å². The first-order valence-corrected chi connectivity index (χ1v) is 11.5. The summed E-state index contributed by atoms with van der Waals surface area (Å²) in [5, 5.41) is 3.18. The molecule has 2 aliphatic carbocycles. The fraction of sp³-hybridized carbons (Fsp3) is 0.308. The van der Waals surface area contributed by atoms with Crippen molar-refractivity contribution in [3.63, 3.8) is 0 Å².